The molecule has 1 amide bonds. The van der Waals surface area contributed by atoms with Gasteiger partial charge in [-0.1, -0.05) is 30.3 Å². The first-order valence-electron chi connectivity index (χ1n) is 7.31. The fourth-order valence-electron chi connectivity index (χ4n) is 2.72. The second-order valence-corrected chi connectivity index (χ2v) is 6.74. The Balaban J connectivity index is 1.65. The molecule has 23 heavy (non-hydrogen) atoms. The summed E-state index contributed by atoms with van der Waals surface area (Å²) in [7, 11) is 0. The number of thiophene rings is 1. The van der Waals surface area contributed by atoms with Crippen LogP contribution in [0.4, 0.5) is 4.39 Å². The molecular formula is C17H16FN3OS. The highest BCUT2D eigenvalue weighted by atomic mass is 32.1. The summed E-state index contributed by atoms with van der Waals surface area (Å²) in [4.78, 5) is 12.7. The standard InChI is InChI=1S/C17H16FN3OS/c18-13-6-7-23-15(13)8-14(20)16(22)21-17(10-19)9-12(17)11-4-2-1-3-5-11/h1-7,12,14H,8-9,20H2,(H,21,22)/t12?,14-,17-/m0/s1. The predicted octanol–water partition coefficient (Wildman–Crippen LogP) is 2.32. The first kappa shape index (κ1) is 15.7. The van der Waals surface area contributed by atoms with E-state index in [0.717, 1.165) is 5.56 Å². The Labute approximate surface area is 137 Å². The molecule has 1 aromatic carbocycles. The van der Waals surface area contributed by atoms with E-state index in [1.165, 1.54) is 17.4 Å². The Bertz CT molecular complexity index is 755. The van der Waals surface area contributed by atoms with Crippen LogP contribution < -0.4 is 11.1 Å². The molecule has 1 fully saturated rings. The molecule has 1 aromatic heterocycles. The summed E-state index contributed by atoms with van der Waals surface area (Å²) >= 11 is 1.23. The average Bonchev–Trinajstić information content (AvgIpc) is 3.15. The van der Waals surface area contributed by atoms with Crippen molar-refractivity contribution in [3.05, 3.63) is 58.0 Å². The number of halogens is 1. The van der Waals surface area contributed by atoms with E-state index in [-0.39, 0.29) is 18.2 Å². The molecule has 118 valence electrons. The van der Waals surface area contributed by atoms with E-state index in [0.29, 0.717) is 11.3 Å². The molecule has 3 N–H and O–H groups in total. The van der Waals surface area contributed by atoms with Gasteiger partial charge in [-0.3, -0.25) is 4.79 Å². The molecular weight excluding hydrogens is 313 g/mol. The lowest BCUT2D eigenvalue weighted by Crippen LogP contribution is -2.47. The SMILES string of the molecule is N#C[C@@]1(NC(=O)[C@@H](N)Cc2sccc2F)CC1c1ccccc1. The van der Waals surface area contributed by atoms with E-state index in [4.69, 9.17) is 5.73 Å². The fourth-order valence-corrected chi connectivity index (χ4v) is 3.52. The van der Waals surface area contributed by atoms with Gasteiger partial charge in [-0.15, -0.1) is 11.3 Å². The minimum absolute atomic E-state index is 0.0247. The van der Waals surface area contributed by atoms with Gasteiger partial charge in [0.15, 0.2) is 0 Å². The zero-order chi connectivity index (χ0) is 16.4. The number of rotatable bonds is 5. The van der Waals surface area contributed by atoms with E-state index in [9.17, 15) is 14.4 Å². The molecule has 0 aliphatic heterocycles. The number of amides is 1. The molecule has 6 heteroatoms. The van der Waals surface area contributed by atoms with Crippen molar-refractivity contribution in [1.82, 2.24) is 5.32 Å². The Kier molecular flexibility index (Phi) is 4.16. The second-order valence-electron chi connectivity index (χ2n) is 5.74. The third-order valence-corrected chi connectivity index (χ3v) is 5.06. The number of hydrogen-bond acceptors (Lipinski definition) is 4. The molecule has 1 unspecified atom stereocenters. The molecule has 4 nitrogen and oxygen atoms in total. The van der Waals surface area contributed by atoms with Crippen LogP contribution in [-0.2, 0) is 11.2 Å². The van der Waals surface area contributed by atoms with Gasteiger partial charge in [-0.2, -0.15) is 5.26 Å². The highest BCUT2D eigenvalue weighted by molar-refractivity contribution is 7.09. The Morgan fingerprint density at radius 1 is 1.48 bits per heavy atom. The van der Waals surface area contributed by atoms with Gasteiger partial charge >= 0.3 is 0 Å². The Morgan fingerprint density at radius 3 is 2.83 bits per heavy atom. The molecule has 0 bridgehead atoms. The third-order valence-electron chi connectivity index (χ3n) is 4.14. The number of nitrogens with two attached hydrogens (primary N) is 1. The molecule has 0 spiro atoms. The summed E-state index contributed by atoms with van der Waals surface area (Å²) in [6.45, 7) is 0. The van der Waals surface area contributed by atoms with E-state index in [1.54, 1.807) is 5.38 Å². The quantitative estimate of drug-likeness (QED) is 0.883. The number of hydrogen-bond donors (Lipinski definition) is 2. The van der Waals surface area contributed by atoms with Crippen molar-refractivity contribution >= 4 is 17.2 Å². The van der Waals surface area contributed by atoms with Gasteiger partial charge in [-0.05, 0) is 23.4 Å². The molecule has 1 heterocycles. The molecule has 2 aromatic rings. The lowest BCUT2D eigenvalue weighted by molar-refractivity contribution is -0.122. The zero-order valence-corrected chi connectivity index (χ0v) is 13.1. The molecule has 3 rings (SSSR count). The lowest BCUT2D eigenvalue weighted by Gasteiger charge is -2.16. The van der Waals surface area contributed by atoms with Crippen LogP contribution in [0.1, 0.15) is 22.8 Å². The third kappa shape index (κ3) is 3.11. The van der Waals surface area contributed by atoms with Crippen LogP contribution in [0.5, 0.6) is 0 Å². The van der Waals surface area contributed by atoms with Crippen LogP contribution in [0.2, 0.25) is 0 Å². The van der Waals surface area contributed by atoms with Crippen LogP contribution in [0.25, 0.3) is 0 Å². The van der Waals surface area contributed by atoms with E-state index >= 15 is 0 Å². The number of benzene rings is 1. The van der Waals surface area contributed by atoms with Gasteiger partial charge in [0.1, 0.15) is 11.4 Å². The van der Waals surface area contributed by atoms with Gasteiger partial charge in [-0.25, -0.2) is 4.39 Å². The van der Waals surface area contributed by atoms with Crippen LogP contribution >= 0.6 is 11.3 Å². The van der Waals surface area contributed by atoms with Crippen LogP contribution in [0.15, 0.2) is 41.8 Å². The number of nitriles is 1. The maximum absolute atomic E-state index is 13.4. The number of nitrogens with one attached hydrogen (secondary N) is 1. The molecule has 1 aliphatic rings. The first-order chi connectivity index (χ1) is 11.1. The summed E-state index contributed by atoms with van der Waals surface area (Å²) in [5.74, 6) is -0.789. The molecule has 3 atom stereocenters. The van der Waals surface area contributed by atoms with Crippen LogP contribution in [0.3, 0.4) is 0 Å². The first-order valence-corrected chi connectivity index (χ1v) is 8.19. The minimum atomic E-state index is -0.899. The van der Waals surface area contributed by atoms with Crippen LogP contribution in [-0.4, -0.2) is 17.5 Å². The normalized spacial score (nSPS) is 23.8. The van der Waals surface area contributed by atoms with E-state index in [1.807, 2.05) is 30.3 Å². The number of carbonyl (C=O) groups excluding carboxylic acids is 1. The van der Waals surface area contributed by atoms with Gasteiger partial charge < -0.3 is 11.1 Å². The predicted molar refractivity (Wildman–Crippen MR) is 86.2 cm³/mol. The average molecular weight is 329 g/mol. The fraction of sp³-hybridized carbons (Fsp3) is 0.294. The number of carbonyl (C=O) groups is 1. The van der Waals surface area contributed by atoms with Gasteiger partial charge in [0.05, 0.1) is 12.1 Å². The maximum Gasteiger partial charge on any atom is 0.238 e. The van der Waals surface area contributed by atoms with Crippen molar-refractivity contribution in [3.8, 4) is 6.07 Å². The van der Waals surface area contributed by atoms with E-state index < -0.39 is 17.5 Å². The van der Waals surface area contributed by atoms with Crippen molar-refractivity contribution in [2.45, 2.75) is 30.3 Å². The Hall–Kier alpha value is -2.23. The largest absolute Gasteiger partial charge is 0.336 e. The van der Waals surface area contributed by atoms with Crippen molar-refractivity contribution in [1.29, 1.82) is 5.26 Å². The van der Waals surface area contributed by atoms with Crippen LogP contribution in [0, 0.1) is 17.1 Å². The van der Waals surface area contributed by atoms with E-state index in [2.05, 4.69) is 11.4 Å². The summed E-state index contributed by atoms with van der Waals surface area (Å²) in [5, 5.41) is 13.8. The molecule has 0 radical (unpaired) electrons. The van der Waals surface area contributed by atoms with Gasteiger partial charge in [0.2, 0.25) is 5.91 Å². The summed E-state index contributed by atoms with van der Waals surface area (Å²) in [5.41, 5.74) is 5.99. The molecule has 1 saturated carbocycles. The smallest absolute Gasteiger partial charge is 0.238 e. The number of nitrogens with zero attached hydrogens (tertiary/aromatic N) is 1. The van der Waals surface area contributed by atoms with Crippen molar-refractivity contribution in [3.63, 3.8) is 0 Å². The van der Waals surface area contributed by atoms with Crippen molar-refractivity contribution in [2.75, 3.05) is 0 Å². The van der Waals surface area contributed by atoms with Gasteiger partial charge in [0, 0.05) is 17.2 Å². The maximum atomic E-state index is 13.4. The molecule has 1 aliphatic carbocycles. The highest BCUT2D eigenvalue weighted by Crippen LogP contribution is 2.50. The second kappa shape index (κ2) is 6.11. The Morgan fingerprint density at radius 2 is 2.22 bits per heavy atom. The lowest BCUT2D eigenvalue weighted by atomic mass is 10.1. The monoisotopic (exact) mass is 329 g/mol. The summed E-state index contributed by atoms with van der Waals surface area (Å²) < 4.78 is 13.4. The summed E-state index contributed by atoms with van der Waals surface area (Å²) in [6, 6.07) is 12.3. The summed E-state index contributed by atoms with van der Waals surface area (Å²) in [6.07, 6.45) is 0.701. The minimum Gasteiger partial charge on any atom is -0.336 e. The highest BCUT2D eigenvalue weighted by Gasteiger charge is 2.57. The zero-order valence-electron chi connectivity index (χ0n) is 12.3. The van der Waals surface area contributed by atoms with Crippen molar-refractivity contribution < 1.29 is 9.18 Å². The van der Waals surface area contributed by atoms with Gasteiger partial charge in [0.25, 0.3) is 0 Å². The topological polar surface area (TPSA) is 78.9 Å². The molecule has 0 saturated heterocycles. The van der Waals surface area contributed by atoms with Crippen molar-refractivity contribution in [2.24, 2.45) is 5.73 Å².